The van der Waals surface area contributed by atoms with Crippen LogP contribution >= 0.6 is 11.6 Å². The molecule has 0 atom stereocenters. The molecule has 0 bridgehead atoms. The first-order valence-corrected chi connectivity index (χ1v) is 7.85. The minimum atomic E-state index is -0.542. The van der Waals surface area contributed by atoms with Crippen LogP contribution in [0.25, 0.3) is 0 Å². The number of nitrogens with one attached hydrogen (secondary N) is 2. The van der Waals surface area contributed by atoms with Crippen LogP contribution in [0.15, 0.2) is 61.1 Å². The van der Waals surface area contributed by atoms with Crippen molar-refractivity contribution >= 4 is 28.9 Å². The molecule has 0 saturated heterocycles. The summed E-state index contributed by atoms with van der Waals surface area (Å²) in [5, 5.41) is 5.79. The first-order chi connectivity index (χ1) is 12.1. The molecule has 0 aliphatic rings. The van der Waals surface area contributed by atoms with E-state index in [1.54, 1.807) is 24.5 Å². The lowest BCUT2D eigenvalue weighted by Gasteiger charge is -2.09. The normalized spacial score (nSPS) is 10.3. The molecule has 0 radical (unpaired) electrons. The number of halogens is 2. The van der Waals surface area contributed by atoms with E-state index in [-0.39, 0.29) is 10.7 Å². The third kappa shape index (κ3) is 4.51. The van der Waals surface area contributed by atoms with E-state index in [0.717, 1.165) is 11.3 Å². The Labute approximate surface area is 148 Å². The molecule has 2 heterocycles. The number of amides is 1. The molecule has 7 heteroatoms. The molecule has 0 aliphatic carbocycles. The van der Waals surface area contributed by atoms with Gasteiger partial charge in [-0.25, -0.2) is 4.39 Å². The van der Waals surface area contributed by atoms with Gasteiger partial charge in [0, 0.05) is 36.5 Å². The van der Waals surface area contributed by atoms with Crippen LogP contribution in [0.2, 0.25) is 5.02 Å². The highest BCUT2D eigenvalue weighted by Gasteiger charge is 2.10. The Bertz CT molecular complexity index is 889. The standard InChI is InChI=1S/C18H14ClFN4O/c19-15-8-14(3-4-16(15)20)24-18(25)17-9-13(5-7-22-17)23-11-12-2-1-6-21-10-12/h1-10H,11H2,(H,22,23)(H,24,25). The summed E-state index contributed by atoms with van der Waals surface area (Å²) in [6.45, 7) is 0.576. The van der Waals surface area contributed by atoms with Gasteiger partial charge < -0.3 is 10.6 Å². The number of hydrogen-bond acceptors (Lipinski definition) is 4. The zero-order valence-corrected chi connectivity index (χ0v) is 13.8. The molecule has 3 aromatic rings. The Balaban J connectivity index is 1.67. The molecular weight excluding hydrogens is 343 g/mol. The van der Waals surface area contributed by atoms with E-state index < -0.39 is 11.7 Å². The van der Waals surface area contributed by atoms with E-state index >= 15 is 0 Å². The van der Waals surface area contributed by atoms with E-state index in [2.05, 4.69) is 20.6 Å². The van der Waals surface area contributed by atoms with Crippen molar-refractivity contribution in [2.24, 2.45) is 0 Å². The van der Waals surface area contributed by atoms with Crippen LogP contribution in [0.5, 0.6) is 0 Å². The van der Waals surface area contributed by atoms with Crippen LogP contribution in [0.3, 0.4) is 0 Å². The van der Waals surface area contributed by atoms with E-state index in [9.17, 15) is 9.18 Å². The van der Waals surface area contributed by atoms with Crippen LogP contribution in [0.4, 0.5) is 15.8 Å². The van der Waals surface area contributed by atoms with Gasteiger partial charge in [0.25, 0.3) is 5.91 Å². The van der Waals surface area contributed by atoms with Gasteiger partial charge in [0.15, 0.2) is 0 Å². The zero-order valence-electron chi connectivity index (χ0n) is 13.0. The van der Waals surface area contributed by atoms with Crippen LogP contribution in [-0.4, -0.2) is 15.9 Å². The molecule has 0 unspecified atom stereocenters. The van der Waals surface area contributed by atoms with Crippen molar-refractivity contribution in [2.45, 2.75) is 6.54 Å². The largest absolute Gasteiger partial charge is 0.381 e. The first kappa shape index (κ1) is 16.9. The van der Waals surface area contributed by atoms with Gasteiger partial charge in [-0.05, 0) is 42.0 Å². The summed E-state index contributed by atoms with van der Waals surface area (Å²) >= 11 is 5.71. The summed E-state index contributed by atoms with van der Waals surface area (Å²) in [5.41, 5.74) is 2.40. The molecule has 2 N–H and O–H groups in total. The number of carbonyl (C=O) groups excluding carboxylic acids is 1. The van der Waals surface area contributed by atoms with Crippen LogP contribution in [0.1, 0.15) is 16.1 Å². The molecule has 0 spiro atoms. The predicted octanol–water partition coefficient (Wildman–Crippen LogP) is 4.13. The monoisotopic (exact) mass is 356 g/mol. The maximum absolute atomic E-state index is 13.2. The molecule has 0 aliphatic heterocycles. The zero-order chi connectivity index (χ0) is 17.6. The van der Waals surface area contributed by atoms with Gasteiger partial charge in [-0.1, -0.05) is 17.7 Å². The Morgan fingerprint density at radius 1 is 1.12 bits per heavy atom. The summed E-state index contributed by atoms with van der Waals surface area (Å²) in [6, 6.07) is 11.2. The summed E-state index contributed by atoms with van der Waals surface area (Å²) in [6.07, 6.45) is 5.01. The first-order valence-electron chi connectivity index (χ1n) is 7.47. The van der Waals surface area contributed by atoms with Gasteiger partial charge in [-0.3, -0.25) is 14.8 Å². The predicted molar refractivity (Wildman–Crippen MR) is 95.2 cm³/mol. The summed E-state index contributed by atoms with van der Waals surface area (Å²) in [5.74, 6) is -0.952. The van der Waals surface area contributed by atoms with E-state index in [1.165, 1.54) is 24.4 Å². The molecule has 1 amide bonds. The van der Waals surface area contributed by atoms with Gasteiger partial charge in [0.05, 0.1) is 5.02 Å². The average Bonchev–Trinajstić information content (AvgIpc) is 2.64. The van der Waals surface area contributed by atoms with Crippen molar-refractivity contribution < 1.29 is 9.18 Å². The summed E-state index contributed by atoms with van der Waals surface area (Å²) < 4.78 is 13.2. The van der Waals surface area contributed by atoms with Gasteiger partial charge in [-0.2, -0.15) is 0 Å². The Hall–Kier alpha value is -2.99. The fourth-order valence-electron chi connectivity index (χ4n) is 2.14. The molecule has 0 saturated carbocycles. The molecular formula is C18H14ClFN4O. The summed E-state index contributed by atoms with van der Waals surface area (Å²) in [4.78, 5) is 20.4. The smallest absolute Gasteiger partial charge is 0.274 e. The Morgan fingerprint density at radius 2 is 2.00 bits per heavy atom. The summed E-state index contributed by atoms with van der Waals surface area (Å²) in [7, 11) is 0. The second kappa shape index (κ2) is 7.72. The van der Waals surface area contributed by atoms with Crippen molar-refractivity contribution in [1.29, 1.82) is 0 Å². The number of carbonyl (C=O) groups is 1. The van der Waals surface area contributed by atoms with Crippen molar-refractivity contribution in [3.63, 3.8) is 0 Å². The topological polar surface area (TPSA) is 66.9 Å². The molecule has 0 fully saturated rings. The highest BCUT2D eigenvalue weighted by Crippen LogP contribution is 2.20. The number of nitrogens with zero attached hydrogens (tertiary/aromatic N) is 2. The number of pyridine rings is 2. The fourth-order valence-corrected chi connectivity index (χ4v) is 2.32. The number of anilines is 2. The fraction of sp³-hybridized carbons (Fsp3) is 0.0556. The lowest BCUT2D eigenvalue weighted by molar-refractivity contribution is 0.102. The SMILES string of the molecule is O=C(Nc1ccc(F)c(Cl)c1)c1cc(NCc2cccnc2)ccn1. The molecule has 5 nitrogen and oxygen atoms in total. The number of aromatic nitrogens is 2. The minimum absolute atomic E-state index is 0.0577. The van der Waals surface area contributed by atoms with Crippen LogP contribution < -0.4 is 10.6 Å². The van der Waals surface area contributed by atoms with E-state index in [0.29, 0.717) is 12.2 Å². The quantitative estimate of drug-likeness (QED) is 0.721. The van der Waals surface area contributed by atoms with E-state index in [1.807, 2.05) is 12.1 Å². The molecule has 3 rings (SSSR count). The van der Waals surface area contributed by atoms with Gasteiger partial charge >= 0.3 is 0 Å². The van der Waals surface area contributed by atoms with Gasteiger partial charge in [0.1, 0.15) is 11.5 Å². The third-order valence-electron chi connectivity index (χ3n) is 3.39. The molecule has 126 valence electrons. The van der Waals surface area contributed by atoms with Crippen molar-refractivity contribution in [3.05, 3.63) is 83.2 Å². The Kier molecular flexibility index (Phi) is 5.20. The van der Waals surface area contributed by atoms with Crippen molar-refractivity contribution in [3.8, 4) is 0 Å². The number of hydrogen-bond donors (Lipinski definition) is 2. The highest BCUT2D eigenvalue weighted by atomic mass is 35.5. The molecule has 1 aromatic carbocycles. The van der Waals surface area contributed by atoms with Gasteiger partial charge in [-0.15, -0.1) is 0 Å². The second-order valence-electron chi connectivity index (χ2n) is 5.23. The number of benzene rings is 1. The lowest BCUT2D eigenvalue weighted by Crippen LogP contribution is -2.14. The third-order valence-corrected chi connectivity index (χ3v) is 3.68. The van der Waals surface area contributed by atoms with Gasteiger partial charge in [0.2, 0.25) is 0 Å². The average molecular weight is 357 g/mol. The second-order valence-corrected chi connectivity index (χ2v) is 5.63. The van der Waals surface area contributed by atoms with Crippen molar-refractivity contribution in [2.75, 3.05) is 10.6 Å². The lowest BCUT2D eigenvalue weighted by atomic mass is 10.2. The maximum Gasteiger partial charge on any atom is 0.274 e. The van der Waals surface area contributed by atoms with Crippen LogP contribution in [0, 0.1) is 5.82 Å². The van der Waals surface area contributed by atoms with Crippen molar-refractivity contribution in [1.82, 2.24) is 9.97 Å². The maximum atomic E-state index is 13.2. The molecule has 25 heavy (non-hydrogen) atoms. The number of rotatable bonds is 5. The molecule has 2 aromatic heterocycles. The Morgan fingerprint density at radius 3 is 2.76 bits per heavy atom. The van der Waals surface area contributed by atoms with Crippen LogP contribution in [-0.2, 0) is 6.54 Å². The van der Waals surface area contributed by atoms with E-state index in [4.69, 9.17) is 11.6 Å². The highest BCUT2D eigenvalue weighted by molar-refractivity contribution is 6.31. The minimum Gasteiger partial charge on any atom is -0.381 e.